The molecule has 9 atom stereocenters. The Bertz CT molecular complexity index is 1260. The van der Waals surface area contributed by atoms with Gasteiger partial charge in [0.1, 0.15) is 36.6 Å². The Labute approximate surface area is 441 Å². The second-order valence-corrected chi connectivity index (χ2v) is 23.3. The van der Waals surface area contributed by atoms with E-state index in [4.69, 9.17) is 9.05 Å². The third kappa shape index (κ3) is 38.6. The van der Waals surface area contributed by atoms with Crippen LogP contribution >= 0.6 is 7.82 Å². The highest BCUT2D eigenvalue weighted by molar-refractivity contribution is 7.47. The number of carbonyl (C=O) groups excluding carboxylic acids is 1. The summed E-state index contributed by atoms with van der Waals surface area (Å²) in [7, 11) is -5.08. The minimum absolute atomic E-state index is 0.219. The number of aliphatic hydroxyl groups is 6. The zero-order valence-corrected chi connectivity index (χ0v) is 47.4. The van der Waals surface area contributed by atoms with Crippen LogP contribution in [0.15, 0.2) is 12.2 Å². The lowest BCUT2D eigenvalue weighted by Crippen LogP contribution is -2.64. The highest BCUT2D eigenvalue weighted by Crippen LogP contribution is 2.47. The summed E-state index contributed by atoms with van der Waals surface area (Å²) in [5, 5.41) is 64.1. The van der Waals surface area contributed by atoms with Crippen LogP contribution in [-0.2, 0) is 18.4 Å². The molecule has 8 N–H and O–H groups in total. The quantitative estimate of drug-likeness (QED) is 0.0163. The van der Waals surface area contributed by atoms with Crippen LogP contribution < -0.4 is 5.32 Å². The lowest BCUT2D eigenvalue weighted by atomic mass is 9.85. The van der Waals surface area contributed by atoms with Crippen molar-refractivity contribution in [1.82, 2.24) is 5.32 Å². The normalized spacial score (nSPS) is 21.1. The zero-order valence-electron chi connectivity index (χ0n) is 46.5. The molecule has 13 heteroatoms. The molecule has 1 aliphatic carbocycles. The Kier molecular flexibility index (Phi) is 46.5. The highest BCUT2D eigenvalue weighted by Gasteiger charge is 2.51. The van der Waals surface area contributed by atoms with E-state index in [2.05, 4.69) is 19.2 Å². The molecule has 0 aliphatic heterocycles. The fourth-order valence-corrected chi connectivity index (χ4v) is 11.1. The largest absolute Gasteiger partial charge is 0.472 e. The third-order valence-electron chi connectivity index (χ3n) is 15.1. The lowest BCUT2D eigenvalue weighted by Gasteiger charge is -2.41. The van der Waals surface area contributed by atoms with Crippen molar-refractivity contribution in [2.75, 3.05) is 6.61 Å². The Morgan fingerprint density at radius 1 is 0.458 bits per heavy atom. The van der Waals surface area contributed by atoms with E-state index in [0.717, 1.165) is 44.9 Å². The summed E-state index contributed by atoms with van der Waals surface area (Å²) in [5.74, 6) is -0.336. The lowest BCUT2D eigenvalue weighted by molar-refractivity contribution is -0.220. The molecule has 1 saturated carbocycles. The molecule has 0 spiro atoms. The van der Waals surface area contributed by atoms with Crippen LogP contribution in [0.5, 0.6) is 0 Å². The summed E-state index contributed by atoms with van der Waals surface area (Å²) in [6.07, 6.45) is 47.8. The van der Waals surface area contributed by atoms with E-state index < -0.39 is 63.2 Å². The summed E-state index contributed by atoms with van der Waals surface area (Å²) in [6, 6.07) is -1.11. The van der Waals surface area contributed by atoms with Crippen LogP contribution in [0.2, 0.25) is 0 Å². The Balaban J connectivity index is 2.12. The fourth-order valence-electron chi connectivity index (χ4n) is 10.1. The van der Waals surface area contributed by atoms with Gasteiger partial charge in [0.25, 0.3) is 0 Å². The number of unbranched alkanes of at least 4 members (excludes halogenated alkanes) is 42. The van der Waals surface area contributed by atoms with Gasteiger partial charge in [0, 0.05) is 6.42 Å². The van der Waals surface area contributed by atoms with Crippen LogP contribution in [0, 0.1) is 0 Å². The van der Waals surface area contributed by atoms with Gasteiger partial charge in [-0.1, -0.05) is 289 Å². The minimum Gasteiger partial charge on any atom is -0.387 e. The van der Waals surface area contributed by atoms with Gasteiger partial charge in [-0.05, 0) is 19.3 Å². The van der Waals surface area contributed by atoms with E-state index in [1.807, 2.05) is 6.08 Å². The van der Waals surface area contributed by atoms with Gasteiger partial charge < -0.3 is 40.8 Å². The van der Waals surface area contributed by atoms with Crippen LogP contribution in [0.25, 0.3) is 0 Å². The molecule has 0 aromatic rings. The number of phosphoric ester groups is 1. The standard InChI is InChI=1S/C59H116NO11P/c1-3-5-7-9-11-13-15-16-17-18-19-20-21-22-23-24-25-26-27-28-29-30-31-32-33-34-35-36-37-38-39-41-43-45-47-49-53(62)60-51(52(61)48-46-44-42-40-14-12-10-8-6-4-2)50-70-72(68,69)71-59-57(66)55(64)54(63)56(65)58(59)67/h46,48,51-52,54-59,61,63-67H,3-45,47,49-50H2,1-2H3,(H,60,62)(H,68,69)/b48-46+/t51-,52+,54?,55+,56?,57?,58?,59?/m0/s1. The molecule has 0 radical (unpaired) electrons. The second kappa shape index (κ2) is 48.5. The summed E-state index contributed by atoms with van der Waals surface area (Å²) in [5.41, 5.74) is 0. The van der Waals surface area contributed by atoms with Gasteiger partial charge in [-0.2, -0.15) is 0 Å². The molecule has 0 aromatic carbocycles. The van der Waals surface area contributed by atoms with E-state index >= 15 is 0 Å². The first-order valence-electron chi connectivity index (χ1n) is 30.6. The molecular formula is C59H116NO11P. The molecule has 0 saturated heterocycles. The van der Waals surface area contributed by atoms with Gasteiger partial charge in [0.15, 0.2) is 0 Å². The van der Waals surface area contributed by atoms with E-state index in [-0.39, 0.29) is 12.3 Å². The van der Waals surface area contributed by atoms with Crippen molar-refractivity contribution in [3.05, 3.63) is 12.2 Å². The van der Waals surface area contributed by atoms with Crippen molar-refractivity contribution >= 4 is 13.7 Å². The number of carbonyl (C=O) groups is 1. The van der Waals surface area contributed by atoms with Crippen molar-refractivity contribution in [2.45, 2.75) is 352 Å². The molecule has 0 bridgehead atoms. The van der Waals surface area contributed by atoms with Gasteiger partial charge in [-0.3, -0.25) is 13.8 Å². The summed E-state index contributed by atoms with van der Waals surface area (Å²) in [6.45, 7) is 3.85. The monoisotopic (exact) mass is 1050 g/mol. The molecular weight excluding hydrogens is 930 g/mol. The van der Waals surface area contributed by atoms with Crippen LogP contribution in [0.1, 0.15) is 303 Å². The van der Waals surface area contributed by atoms with E-state index in [9.17, 15) is 44.9 Å². The average molecular weight is 1050 g/mol. The third-order valence-corrected chi connectivity index (χ3v) is 16.1. The first-order valence-corrected chi connectivity index (χ1v) is 32.1. The molecule has 0 aromatic heterocycles. The zero-order chi connectivity index (χ0) is 52.8. The van der Waals surface area contributed by atoms with Gasteiger partial charge in [0.05, 0.1) is 18.8 Å². The minimum atomic E-state index is -5.08. The summed E-state index contributed by atoms with van der Waals surface area (Å²) < 4.78 is 23.0. The smallest absolute Gasteiger partial charge is 0.387 e. The van der Waals surface area contributed by atoms with Crippen molar-refractivity contribution in [3.63, 3.8) is 0 Å². The number of rotatable bonds is 53. The number of phosphoric acid groups is 1. The molecule has 1 fully saturated rings. The van der Waals surface area contributed by atoms with Gasteiger partial charge in [-0.25, -0.2) is 4.57 Å². The predicted octanol–water partition coefficient (Wildman–Crippen LogP) is 14.3. The highest BCUT2D eigenvalue weighted by atomic mass is 31.2. The number of aliphatic hydroxyl groups excluding tert-OH is 6. The van der Waals surface area contributed by atoms with Crippen LogP contribution in [-0.4, -0.2) is 96.8 Å². The van der Waals surface area contributed by atoms with Crippen molar-refractivity contribution in [1.29, 1.82) is 0 Å². The number of allylic oxidation sites excluding steroid dienone is 1. The predicted molar refractivity (Wildman–Crippen MR) is 297 cm³/mol. The molecule has 12 nitrogen and oxygen atoms in total. The van der Waals surface area contributed by atoms with Gasteiger partial charge >= 0.3 is 7.82 Å². The van der Waals surface area contributed by atoms with E-state index in [1.54, 1.807) is 0 Å². The van der Waals surface area contributed by atoms with Gasteiger partial charge in [-0.15, -0.1) is 0 Å². The molecule has 428 valence electrons. The molecule has 1 amide bonds. The maximum Gasteiger partial charge on any atom is 0.472 e. The number of hydrogen-bond donors (Lipinski definition) is 8. The topological polar surface area (TPSA) is 206 Å². The first-order chi connectivity index (χ1) is 34.9. The van der Waals surface area contributed by atoms with Crippen LogP contribution in [0.4, 0.5) is 0 Å². The maximum atomic E-state index is 13.0. The maximum absolute atomic E-state index is 13.0. The molecule has 0 heterocycles. The van der Waals surface area contributed by atoms with Gasteiger partial charge in [0.2, 0.25) is 5.91 Å². The second-order valence-electron chi connectivity index (χ2n) is 21.9. The first kappa shape index (κ1) is 69.1. The molecule has 72 heavy (non-hydrogen) atoms. The molecule has 6 unspecified atom stereocenters. The van der Waals surface area contributed by atoms with Crippen LogP contribution in [0.3, 0.4) is 0 Å². The van der Waals surface area contributed by atoms with Crippen molar-refractivity contribution in [2.24, 2.45) is 0 Å². The molecule has 1 rings (SSSR count). The Morgan fingerprint density at radius 2 is 0.736 bits per heavy atom. The Morgan fingerprint density at radius 3 is 1.06 bits per heavy atom. The fraction of sp³-hybridized carbons (Fsp3) is 0.949. The molecule has 1 aliphatic rings. The SMILES string of the molecule is CCCCCCCCCC/C=C/[C@@H](O)[C@H](COP(=O)(O)OC1C(O)C(O)C(O)[C@@H](O)C1O)NC(=O)CCCCCCCCCCCCCCCCCCCCCCCCCCCCCCCCCCCCC. The number of hydrogen-bond acceptors (Lipinski definition) is 10. The van der Waals surface area contributed by atoms with Crippen molar-refractivity contribution < 1.29 is 53.9 Å². The number of nitrogens with one attached hydrogen (secondary N) is 1. The number of amides is 1. The Hall–Kier alpha value is -0.920. The summed E-state index contributed by atoms with van der Waals surface area (Å²) >= 11 is 0. The van der Waals surface area contributed by atoms with E-state index in [1.165, 1.54) is 237 Å². The van der Waals surface area contributed by atoms with E-state index in [0.29, 0.717) is 6.42 Å². The van der Waals surface area contributed by atoms with Crippen molar-refractivity contribution in [3.8, 4) is 0 Å². The average Bonchev–Trinajstić information content (AvgIpc) is 3.37. The summed E-state index contributed by atoms with van der Waals surface area (Å²) in [4.78, 5) is 23.5.